The summed E-state index contributed by atoms with van der Waals surface area (Å²) < 4.78 is 26.9. The third-order valence-electron chi connectivity index (χ3n) is 6.02. The maximum atomic E-state index is 13.7. The van der Waals surface area contributed by atoms with Gasteiger partial charge in [0.05, 0.1) is 6.33 Å². The monoisotopic (exact) mass is 384 g/mol. The van der Waals surface area contributed by atoms with Crippen molar-refractivity contribution in [3.63, 3.8) is 0 Å². The number of aromatic amines is 1. The summed E-state index contributed by atoms with van der Waals surface area (Å²) in [6.45, 7) is 3.40. The molecule has 1 aromatic carbocycles. The normalized spacial score (nSPS) is 23.1. The molecule has 0 spiro atoms. The Morgan fingerprint density at radius 2 is 2.00 bits per heavy atom. The predicted octanol–water partition coefficient (Wildman–Crippen LogP) is 3.12. The first-order chi connectivity index (χ1) is 13.7. The van der Waals surface area contributed by atoms with Gasteiger partial charge in [-0.15, -0.1) is 0 Å². The van der Waals surface area contributed by atoms with Crippen LogP contribution in [0.25, 0.3) is 11.2 Å². The maximum absolute atomic E-state index is 13.7. The zero-order chi connectivity index (χ0) is 19.1. The van der Waals surface area contributed by atoms with Gasteiger partial charge < -0.3 is 9.88 Å². The van der Waals surface area contributed by atoms with Crippen LogP contribution in [0.3, 0.4) is 0 Å². The molecule has 2 atom stereocenters. The van der Waals surface area contributed by atoms with Crippen LogP contribution in [-0.2, 0) is 6.54 Å². The number of nitrogens with one attached hydrogen (secondary N) is 1. The van der Waals surface area contributed by atoms with E-state index in [9.17, 15) is 8.78 Å². The summed E-state index contributed by atoms with van der Waals surface area (Å²) >= 11 is 0. The number of likely N-dealkylation sites (tertiary alicyclic amines) is 1. The number of rotatable bonds is 3. The molecule has 2 aliphatic heterocycles. The molecule has 8 heteroatoms. The molecule has 0 saturated carbocycles. The fraction of sp³-hybridized carbons (Fsp3) is 0.450. The van der Waals surface area contributed by atoms with Crippen LogP contribution in [0.5, 0.6) is 0 Å². The third-order valence-corrected chi connectivity index (χ3v) is 6.02. The van der Waals surface area contributed by atoms with E-state index in [1.807, 2.05) is 0 Å². The summed E-state index contributed by atoms with van der Waals surface area (Å²) in [5, 5.41) is 0. The molecule has 2 aliphatic rings. The van der Waals surface area contributed by atoms with Gasteiger partial charge in [-0.25, -0.2) is 23.7 Å². The van der Waals surface area contributed by atoms with Crippen LogP contribution in [0.15, 0.2) is 30.9 Å². The number of imidazole rings is 1. The van der Waals surface area contributed by atoms with Crippen molar-refractivity contribution in [2.24, 2.45) is 5.92 Å². The van der Waals surface area contributed by atoms with Crippen LogP contribution >= 0.6 is 0 Å². The number of fused-ring (bicyclic) bond motifs is 2. The number of aromatic nitrogens is 4. The summed E-state index contributed by atoms with van der Waals surface area (Å²) in [5.74, 6) is -0.152. The number of benzene rings is 1. The molecule has 3 aromatic rings. The van der Waals surface area contributed by atoms with Gasteiger partial charge in [-0.3, -0.25) is 4.90 Å². The fourth-order valence-electron chi connectivity index (χ4n) is 4.67. The minimum Gasteiger partial charge on any atom is -0.353 e. The summed E-state index contributed by atoms with van der Waals surface area (Å²) in [6.07, 6.45) is 6.70. The molecule has 6 nitrogen and oxygen atoms in total. The highest BCUT2D eigenvalue weighted by Crippen LogP contribution is 2.34. The van der Waals surface area contributed by atoms with E-state index >= 15 is 0 Å². The lowest BCUT2D eigenvalue weighted by Crippen LogP contribution is -2.39. The number of hydrogen-bond acceptors (Lipinski definition) is 5. The van der Waals surface area contributed by atoms with E-state index in [1.165, 1.54) is 25.0 Å². The predicted molar refractivity (Wildman–Crippen MR) is 102 cm³/mol. The lowest BCUT2D eigenvalue weighted by molar-refractivity contribution is 0.179. The standard InChI is InChI=1S/C20H22F2N6/c21-15-5-4-13(7-16(15)22)8-27-6-2-1-3-14-9-28(10-17(14)27)20-18-19(24-11-23-18)25-12-26-20/h4-5,7,11-12,14,17H,1-3,6,8-10H2,(H,23,24,25,26)/t14-,17+/m0/s1. The average Bonchev–Trinajstić information content (AvgIpc) is 3.30. The lowest BCUT2D eigenvalue weighted by Gasteiger charge is -2.30. The van der Waals surface area contributed by atoms with E-state index in [0.29, 0.717) is 24.2 Å². The second-order valence-electron chi connectivity index (χ2n) is 7.75. The molecule has 0 radical (unpaired) electrons. The highest BCUT2D eigenvalue weighted by molar-refractivity contribution is 5.82. The zero-order valence-corrected chi connectivity index (χ0v) is 15.5. The van der Waals surface area contributed by atoms with Gasteiger partial charge in [-0.05, 0) is 43.0 Å². The first-order valence-corrected chi connectivity index (χ1v) is 9.76. The molecule has 0 unspecified atom stereocenters. The van der Waals surface area contributed by atoms with Crippen molar-refractivity contribution in [1.29, 1.82) is 0 Å². The van der Waals surface area contributed by atoms with Gasteiger partial charge in [0.2, 0.25) is 0 Å². The van der Waals surface area contributed by atoms with Crippen molar-refractivity contribution in [3.8, 4) is 0 Å². The summed E-state index contributed by atoms with van der Waals surface area (Å²) in [7, 11) is 0. The highest BCUT2D eigenvalue weighted by atomic mass is 19.2. The Kier molecular flexibility index (Phi) is 4.43. The smallest absolute Gasteiger partial charge is 0.182 e. The van der Waals surface area contributed by atoms with Crippen molar-refractivity contribution in [1.82, 2.24) is 24.8 Å². The van der Waals surface area contributed by atoms with Crippen LogP contribution in [-0.4, -0.2) is 50.5 Å². The van der Waals surface area contributed by atoms with Crippen molar-refractivity contribution in [2.75, 3.05) is 24.5 Å². The quantitative estimate of drug-likeness (QED) is 0.752. The number of nitrogens with zero attached hydrogens (tertiary/aromatic N) is 5. The second-order valence-corrected chi connectivity index (χ2v) is 7.75. The van der Waals surface area contributed by atoms with E-state index in [0.717, 1.165) is 43.0 Å². The fourth-order valence-corrected chi connectivity index (χ4v) is 4.67. The summed E-state index contributed by atoms with van der Waals surface area (Å²) in [6, 6.07) is 4.59. The number of H-pyrrole nitrogens is 1. The van der Waals surface area contributed by atoms with Gasteiger partial charge in [0.25, 0.3) is 0 Å². The Labute approximate surface area is 161 Å². The van der Waals surface area contributed by atoms with E-state index in [1.54, 1.807) is 18.7 Å². The summed E-state index contributed by atoms with van der Waals surface area (Å²) in [4.78, 5) is 20.8. The molecule has 4 heterocycles. The van der Waals surface area contributed by atoms with Crippen LogP contribution in [0.4, 0.5) is 14.6 Å². The number of halogens is 2. The lowest BCUT2D eigenvalue weighted by atomic mass is 9.98. The van der Waals surface area contributed by atoms with Gasteiger partial charge in [0, 0.05) is 25.7 Å². The van der Waals surface area contributed by atoms with Gasteiger partial charge in [-0.2, -0.15) is 0 Å². The number of hydrogen-bond donors (Lipinski definition) is 1. The van der Waals surface area contributed by atoms with Crippen molar-refractivity contribution < 1.29 is 8.78 Å². The minimum atomic E-state index is -0.795. The molecule has 1 N–H and O–H groups in total. The Hall–Kier alpha value is -2.61. The molecule has 0 aliphatic carbocycles. The molecule has 2 aromatic heterocycles. The van der Waals surface area contributed by atoms with Gasteiger partial charge in [-0.1, -0.05) is 12.5 Å². The topological polar surface area (TPSA) is 60.9 Å². The molecule has 2 saturated heterocycles. The molecule has 0 amide bonds. The van der Waals surface area contributed by atoms with E-state index < -0.39 is 11.6 Å². The second kappa shape index (κ2) is 7.09. The summed E-state index contributed by atoms with van der Waals surface area (Å²) in [5.41, 5.74) is 2.36. The molecule has 146 valence electrons. The van der Waals surface area contributed by atoms with Gasteiger partial charge >= 0.3 is 0 Å². The van der Waals surface area contributed by atoms with Crippen molar-refractivity contribution in [2.45, 2.75) is 31.8 Å². The van der Waals surface area contributed by atoms with Crippen LogP contribution in [0.2, 0.25) is 0 Å². The molecular formula is C20H22F2N6. The third kappa shape index (κ3) is 3.11. The Balaban J connectivity index is 1.40. The van der Waals surface area contributed by atoms with E-state index in [4.69, 9.17) is 0 Å². The Morgan fingerprint density at radius 3 is 2.89 bits per heavy atom. The Morgan fingerprint density at radius 1 is 1.07 bits per heavy atom. The van der Waals surface area contributed by atoms with Gasteiger partial charge in [0.1, 0.15) is 11.8 Å². The first kappa shape index (κ1) is 17.5. The maximum Gasteiger partial charge on any atom is 0.182 e. The average molecular weight is 384 g/mol. The SMILES string of the molecule is Fc1ccc(CN2CCCC[C@H]3CN(c4ncnc5nc[nH]c45)C[C@H]32)cc1F. The van der Waals surface area contributed by atoms with Gasteiger partial charge in [0.15, 0.2) is 23.1 Å². The Bertz CT molecular complexity index is 990. The van der Waals surface area contributed by atoms with Crippen LogP contribution in [0.1, 0.15) is 24.8 Å². The zero-order valence-electron chi connectivity index (χ0n) is 15.5. The minimum absolute atomic E-state index is 0.364. The molecule has 28 heavy (non-hydrogen) atoms. The number of anilines is 1. The van der Waals surface area contributed by atoms with Crippen LogP contribution < -0.4 is 4.90 Å². The first-order valence-electron chi connectivity index (χ1n) is 9.76. The van der Waals surface area contributed by atoms with Crippen molar-refractivity contribution >= 4 is 17.0 Å². The molecular weight excluding hydrogens is 362 g/mol. The van der Waals surface area contributed by atoms with Crippen molar-refractivity contribution in [3.05, 3.63) is 48.1 Å². The van der Waals surface area contributed by atoms with E-state index in [-0.39, 0.29) is 0 Å². The van der Waals surface area contributed by atoms with E-state index in [2.05, 4.69) is 29.7 Å². The molecule has 0 bridgehead atoms. The molecule has 5 rings (SSSR count). The molecule has 2 fully saturated rings. The van der Waals surface area contributed by atoms with Crippen LogP contribution in [0, 0.1) is 17.6 Å². The largest absolute Gasteiger partial charge is 0.353 e. The highest BCUT2D eigenvalue weighted by Gasteiger charge is 2.38.